The van der Waals surface area contributed by atoms with Crippen LogP contribution < -0.4 is 0 Å². The standard InChI is InChI=1S/C13H19N/c1-5-11-7-12(6-2)9-13(8-11)10-14(3)4/h5,7-9H,1,6,10H2,2-4H3. The van der Waals surface area contributed by atoms with E-state index in [0.717, 1.165) is 13.0 Å². The van der Waals surface area contributed by atoms with E-state index in [0.29, 0.717) is 0 Å². The Hall–Kier alpha value is -1.08. The van der Waals surface area contributed by atoms with Crippen molar-refractivity contribution < 1.29 is 0 Å². The number of rotatable bonds is 4. The summed E-state index contributed by atoms with van der Waals surface area (Å²) < 4.78 is 0. The fourth-order valence-corrected chi connectivity index (χ4v) is 1.57. The fraction of sp³-hybridized carbons (Fsp3) is 0.385. The van der Waals surface area contributed by atoms with Gasteiger partial charge < -0.3 is 4.90 Å². The molecule has 0 spiro atoms. The number of hydrogen-bond donors (Lipinski definition) is 0. The van der Waals surface area contributed by atoms with Crippen molar-refractivity contribution in [1.29, 1.82) is 0 Å². The molecule has 0 radical (unpaired) electrons. The van der Waals surface area contributed by atoms with Crippen LogP contribution >= 0.6 is 0 Å². The zero-order valence-corrected chi connectivity index (χ0v) is 9.38. The quantitative estimate of drug-likeness (QED) is 0.704. The van der Waals surface area contributed by atoms with Gasteiger partial charge in [-0.3, -0.25) is 0 Å². The van der Waals surface area contributed by atoms with E-state index in [1.54, 1.807) is 0 Å². The molecule has 0 aliphatic rings. The predicted molar refractivity (Wildman–Crippen MR) is 63.3 cm³/mol. The second kappa shape index (κ2) is 4.97. The van der Waals surface area contributed by atoms with Gasteiger partial charge >= 0.3 is 0 Å². The van der Waals surface area contributed by atoms with Crippen LogP contribution in [-0.4, -0.2) is 19.0 Å². The Morgan fingerprint density at radius 2 is 1.86 bits per heavy atom. The van der Waals surface area contributed by atoms with Crippen LogP contribution in [0.5, 0.6) is 0 Å². The number of aryl methyl sites for hydroxylation is 1. The molecule has 1 nitrogen and oxygen atoms in total. The molecule has 0 saturated heterocycles. The zero-order chi connectivity index (χ0) is 10.6. The minimum absolute atomic E-state index is 0.995. The smallest absolute Gasteiger partial charge is 0.0227 e. The van der Waals surface area contributed by atoms with Crippen LogP contribution in [0.25, 0.3) is 6.08 Å². The van der Waals surface area contributed by atoms with E-state index in [1.165, 1.54) is 16.7 Å². The second-order valence-electron chi connectivity index (χ2n) is 3.88. The van der Waals surface area contributed by atoms with Crippen LogP contribution in [0, 0.1) is 0 Å². The maximum absolute atomic E-state index is 3.81. The summed E-state index contributed by atoms with van der Waals surface area (Å²) in [7, 11) is 4.18. The summed E-state index contributed by atoms with van der Waals surface area (Å²) in [5.41, 5.74) is 3.98. The topological polar surface area (TPSA) is 3.24 Å². The van der Waals surface area contributed by atoms with Crippen molar-refractivity contribution >= 4 is 6.08 Å². The second-order valence-corrected chi connectivity index (χ2v) is 3.88. The minimum Gasteiger partial charge on any atom is -0.305 e. The normalized spacial score (nSPS) is 10.6. The van der Waals surface area contributed by atoms with E-state index in [-0.39, 0.29) is 0 Å². The van der Waals surface area contributed by atoms with Gasteiger partial charge in [-0.1, -0.05) is 37.8 Å². The first-order valence-electron chi connectivity index (χ1n) is 5.05. The van der Waals surface area contributed by atoms with Crippen molar-refractivity contribution in [2.45, 2.75) is 19.9 Å². The van der Waals surface area contributed by atoms with Gasteiger partial charge in [0.15, 0.2) is 0 Å². The van der Waals surface area contributed by atoms with Crippen LogP contribution in [0.1, 0.15) is 23.6 Å². The first-order valence-corrected chi connectivity index (χ1v) is 5.05. The van der Waals surface area contributed by atoms with Gasteiger partial charge in [0.25, 0.3) is 0 Å². The lowest BCUT2D eigenvalue weighted by Gasteiger charge is -2.11. The third-order valence-corrected chi connectivity index (χ3v) is 2.22. The van der Waals surface area contributed by atoms with Crippen LogP contribution in [0.3, 0.4) is 0 Å². The molecular formula is C13H19N. The number of benzene rings is 1. The third kappa shape index (κ3) is 3.00. The molecule has 0 N–H and O–H groups in total. The van der Waals surface area contributed by atoms with Crippen molar-refractivity contribution in [2.75, 3.05) is 14.1 Å². The Kier molecular flexibility index (Phi) is 3.90. The summed E-state index contributed by atoms with van der Waals surface area (Å²) in [5.74, 6) is 0. The molecule has 1 aromatic carbocycles. The maximum atomic E-state index is 3.81. The molecule has 76 valence electrons. The first kappa shape index (κ1) is 11.0. The Balaban J connectivity index is 2.98. The molecule has 0 fully saturated rings. The molecular weight excluding hydrogens is 170 g/mol. The van der Waals surface area contributed by atoms with E-state index in [1.807, 2.05) is 6.08 Å². The molecule has 0 aliphatic heterocycles. The Labute approximate surface area is 87.1 Å². The molecule has 0 amide bonds. The molecule has 14 heavy (non-hydrogen) atoms. The van der Waals surface area contributed by atoms with Gasteiger partial charge in [-0.15, -0.1) is 0 Å². The molecule has 0 bridgehead atoms. The largest absolute Gasteiger partial charge is 0.305 e. The summed E-state index contributed by atoms with van der Waals surface area (Å²) in [6.07, 6.45) is 3.00. The zero-order valence-electron chi connectivity index (χ0n) is 9.38. The van der Waals surface area contributed by atoms with Crippen molar-refractivity contribution in [3.8, 4) is 0 Å². The molecule has 1 heteroatoms. The Bertz CT molecular complexity index is 313. The average Bonchev–Trinajstić information content (AvgIpc) is 2.16. The van der Waals surface area contributed by atoms with E-state index >= 15 is 0 Å². The highest BCUT2D eigenvalue weighted by Crippen LogP contribution is 2.13. The Morgan fingerprint density at radius 1 is 1.21 bits per heavy atom. The Morgan fingerprint density at radius 3 is 2.36 bits per heavy atom. The van der Waals surface area contributed by atoms with Crippen molar-refractivity contribution in [2.24, 2.45) is 0 Å². The molecule has 0 aliphatic carbocycles. The monoisotopic (exact) mass is 189 g/mol. The highest BCUT2D eigenvalue weighted by atomic mass is 15.0. The van der Waals surface area contributed by atoms with Crippen LogP contribution in [0.4, 0.5) is 0 Å². The third-order valence-electron chi connectivity index (χ3n) is 2.22. The lowest BCUT2D eigenvalue weighted by molar-refractivity contribution is 0.402. The summed E-state index contributed by atoms with van der Waals surface area (Å²) in [6.45, 7) is 6.99. The molecule has 1 rings (SSSR count). The van der Waals surface area contributed by atoms with Crippen molar-refractivity contribution in [3.63, 3.8) is 0 Å². The first-order chi connectivity index (χ1) is 6.65. The fourth-order valence-electron chi connectivity index (χ4n) is 1.57. The molecule has 0 unspecified atom stereocenters. The van der Waals surface area contributed by atoms with Crippen molar-refractivity contribution in [3.05, 3.63) is 41.5 Å². The molecule has 0 atom stereocenters. The summed E-state index contributed by atoms with van der Waals surface area (Å²) >= 11 is 0. The number of nitrogens with zero attached hydrogens (tertiary/aromatic N) is 1. The van der Waals surface area contributed by atoms with Gasteiger partial charge in [0.1, 0.15) is 0 Å². The van der Waals surface area contributed by atoms with E-state index in [4.69, 9.17) is 0 Å². The maximum Gasteiger partial charge on any atom is 0.0227 e. The average molecular weight is 189 g/mol. The van der Waals surface area contributed by atoms with Gasteiger partial charge in [-0.05, 0) is 37.2 Å². The SMILES string of the molecule is C=Cc1cc(CC)cc(CN(C)C)c1. The lowest BCUT2D eigenvalue weighted by Crippen LogP contribution is -2.10. The van der Waals surface area contributed by atoms with Crippen molar-refractivity contribution in [1.82, 2.24) is 4.90 Å². The molecule has 0 saturated carbocycles. The van der Waals surface area contributed by atoms with Gasteiger partial charge in [-0.2, -0.15) is 0 Å². The van der Waals surface area contributed by atoms with Crippen LogP contribution in [0.2, 0.25) is 0 Å². The number of hydrogen-bond acceptors (Lipinski definition) is 1. The minimum atomic E-state index is 0.995. The highest BCUT2D eigenvalue weighted by Gasteiger charge is 1.99. The van der Waals surface area contributed by atoms with Gasteiger partial charge in [0, 0.05) is 6.54 Å². The van der Waals surface area contributed by atoms with Gasteiger partial charge in [0.05, 0.1) is 0 Å². The molecule has 1 aromatic rings. The van der Waals surface area contributed by atoms with E-state index < -0.39 is 0 Å². The molecule has 0 heterocycles. The van der Waals surface area contributed by atoms with Crippen LogP contribution in [-0.2, 0) is 13.0 Å². The highest BCUT2D eigenvalue weighted by molar-refractivity contribution is 5.50. The summed E-state index contributed by atoms with van der Waals surface area (Å²) in [4.78, 5) is 2.18. The predicted octanol–water partition coefficient (Wildman–Crippen LogP) is 2.95. The summed E-state index contributed by atoms with van der Waals surface area (Å²) in [5, 5.41) is 0. The van der Waals surface area contributed by atoms with Crippen LogP contribution in [0.15, 0.2) is 24.8 Å². The molecule has 0 aromatic heterocycles. The van der Waals surface area contributed by atoms with E-state index in [9.17, 15) is 0 Å². The van der Waals surface area contributed by atoms with E-state index in [2.05, 4.69) is 50.7 Å². The lowest BCUT2D eigenvalue weighted by atomic mass is 10.0. The summed E-state index contributed by atoms with van der Waals surface area (Å²) in [6, 6.07) is 6.67. The van der Waals surface area contributed by atoms with Gasteiger partial charge in [-0.25, -0.2) is 0 Å². The van der Waals surface area contributed by atoms with Gasteiger partial charge in [0.2, 0.25) is 0 Å².